The molecule has 0 aromatic heterocycles. The highest BCUT2D eigenvalue weighted by molar-refractivity contribution is 7.99. The van der Waals surface area contributed by atoms with Crippen LogP contribution in [-0.4, -0.2) is 29.9 Å². The van der Waals surface area contributed by atoms with Crippen LogP contribution in [0.15, 0.2) is 17.0 Å². The summed E-state index contributed by atoms with van der Waals surface area (Å²) >= 11 is 1.40. The van der Waals surface area contributed by atoms with Crippen LogP contribution in [0.5, 0.6) is 0 Å². The topological polar surface area (TPSA) is 89.6 Å². The number of thioether (sulfide) groups is 1. The van der Waals surface area contributed by atoms with Crippen LogP contribution in [0.1, 0.15) is 22.3 Å². The summed E-state index contributed by atoms with van der Waals surface area (Å²) in [6.07, 6.45) is 0.285. The molecule has 3 N–H and O–H groups in total. The molecule has 0 aliphatic heterocycles. The molecule has 0 aliphatic rings. The van der Waals surface area contributed by atoms with Crippen molar-refractivity contribution in [2.75, 3.05) is 18.6 Å². The maximum absolute atomic E-state index is 11.0. The van der Waals surface area contributed by atoms with Gasteiger partial charge in [0.15, 0.2) is 0 Å². The van der Waals surface area contributed by atoms with Crippen LogP contribution in [0.3, 0.4) is 0 Å². The third kappa shape index (κ3) is 3.66. The van der Waals surface area contributed by atoms with Crippen LogP contribution >= 0.6 is 11.8 Å². The second-order valence-corrected chi connectivity index (χ2v) is 4.85. The van der Waals surface area contributed by atoms with Crippen LogP contribution in [0.4, 0.5) is 5.69 Å². The van der Waals surface area contributed by atoms with Gasteiger partial charge in [0.05, 0.1) is 19.1 Å². The third-order valence-corrected chi connectivity index (χ3v) is 3.37. The summed E-state index contributed by atoms with van der Waals surface area (Å²) in [6, 6.07) is 3.33. The standard InChI is InChI=1S/C12H15NO4S/c1-7-5-8(18-4-3-10(14)17-2)6-9(11(7)13)12(15)16/h5-6H,3-4,13H2,1-2H3,(H,15,16). The Morgan fingerprint density at radius 1 is 1.44 bits per heavy atom. The van der Waals surface area contributed by atoms with Crippen molar-refractivity contribution in [2.24, 2.45) is 0 Å². The first-order chi connectivity index (χ1) is 8.45. The summed E-state index contributed by atoms with van der Waals surface area (Å²) in [5.41, 5.74) is 6.78. The Morgan fingerprint density at radius 2 is 2.11 bits per heavy atom. The molecule has 0 unspecified atom stereocenters. The fourth-order valence-electron chi connectivity index (χ4n) is 1.38. The molecule has 0 aliphatic carbocycles. The first-order valence-corrected chi connectivity index (χ1v) is 6.27. The van der Waals surface area contributed by atoms with Crippen molar-refractivity contribution >= 4 is 29.4 Å². The Labute approximate surface area is 109 Å². The van der Waals surface area contributed by atoms with Gasteiger partial charge < -0.3 is 15.6 Å². The number of rotatable bonds is 5. The fourth-order valence-corrected chi connectivity index (χ4v) is 2.35. The molecule has 0 heterocycles. The van der Waals surface area contributed by atoms with Crippen LogP contribution in [-0.2, 0) is 9.53 Å². The van der Waals surface area contributed by atoms with E-state index < -0.39 is 5.97 Å². The molecule has 98 valence electrons. The van der Waals surface area contributed by atoms with Crippen LogP contribution in [0.2, 0.25) is 0 Å². The highest BCUT2D eigenvalue weighted by Crippen LogP contribution is 2.27. The lowest BCUT2D eigenvalue weighted by Crippen LogP contribution is -2.05. The molecule has 0 amide bonds. The number of methoxy groups -OCH3 is 1. The van der Waals surface area contributed by atoms with E-state index in [4.69, 9.17) is 10.8 Å². The largest absolute Gasteiger partial charge is 0.478 e. The number of ether oxygens (including phenoxy) is 1. The number of aryl methyl sites for hydroxylation is 1. The van der Waals surface area contributed by atoms with Gasteiger partial charge in [-0.1, -0.05) is 0 Å². The van der Waals surface area contributed by atoms with Gasteiger partial charge >= 0.3 is 11.9 Å². The zero-order chi connectivity index (χ0) is 13.7. The number of nitrogen functional groups attached to an aromatic ring is 1. The normalized spacial score (nSPS) is 10.1. The fraction of sp³-hybridized carbons (Fsp3) is 0.333. The number of anilines is 1. The smallest absolute Gasteiger partial charge is 0.337 e. The molecule has 0 bridgehead atoms. The van der Waals surface area contributed by atoms with Crippen LogP contribution in [0.25, 0.3) is 0 Å². The minimum absolute atomic E-state index is 0.0931. The number of hydrogen-bond donors (Lipinski definition) is 2. The van der Waals surface area contributed by atoms with E-state index in [1.807, 2.05) is 6.07 Å². The number of carbonyl (C=O) groups excluding carboxylic acids is 1. The van der Waals surface area contributed by atoms with Crippen molar-refractivity contribution in [2.45, 2.75) is 18.2 Å². The van der Waals surface area contributed by atoms with E-state index in [1.54, 1.807) is 6.92 Å². The van der Waals surface area contributed by atoms with E-state index in [2.05, 4.69) is 4.74 Å². The lowest BCUT2D eigenvalue weighted by atomic mass is 10.1. The van der Waals surface area contributed by atoms with Crippen molar-refractivity contribution in [1.82, 2.24) is 0 Å². The lowest BCUT2D eigenvalue weighted by Gasteiger charge is -2.08. The SMILES string of the molecule is COC(=O)CCSc1cc(C)c(N)c(C(=O)O)c1. The number of carboxylic acids is 1. The molecule has 0 radical (unpaired) electrons. The Hall–Kier alpha value is -1.69. The monoisotopic (exact) mass is 269 g/mol. The first-order valence-electron chi connectivity index (χ1n) is 5.28. The molecule has 1 aromatic rings. The number of hydrogen-bond acceptors (Lipinski definition) is 5. The van der Waals surface area contributed by atoms with Crippen LogP contribution in [0, 0.1) is 6.92 Å². The van der Waals surface area contributed by atoms with Crippen molar-refractivity contribution in [3.8, 4) is 0 Å². The van der Waals surface area contributed by atoms with E-state index in [1.165, 1.54) is 24.9 Å². The molecule has 18 heavy (non-hydrogen) atoms. The number of benzene rings is 1. The average molecular weight is 269 g/mol. The minimum atomic E-state index is -1.05. The van der Waals surface area contributed by atoms with E-state index in [-0.39, 0.29) is 23.6 Å². The van der Waals surface area contributed by atoms with E-state index in [0.717, 1.165) is 10.5 Å². The maximum atomic E-state index is 11.0. The quantitative estimate of drug-likeness (QED) is 0.482. The van der Waals surface area contributed by atoms with Gasteiger partial charge in [-0.2, -0.15) is 0 Å². The number of nitrogens with two attached hydrogens (primary N) is 1. The molecule has 6 heteroatoms. The summed E-state index contributed by atoms with van der Waals surface area (Å²) in [5, 5.41) is 9.00. The van der Waals surface area contributed by atoms with E-state index in [9.17, 15) is 9.59 Å². The summed E-state index contributed by atoms with van der Waals surface area (Å²) in [7, 11) is 1.34. The van der Waals surface area contributed by atoms with E-state index >= 15 is 0 Å². The van der Waals surface area contributed by atoms with Crippen molar-refractivity contribution in [1.29, 1.82) is 0 Å². The zero-order valence-corrected chi connectivity index (χ0v) is 11.0. The third-order valence-electron chi connectivity index (χ3n) is 2.39. The van der Waals surface area contributed by atoms with E-state index in [0.29, 0.717) is 5.75 Å². The second-order valence-electron chi connectivity index (χ2n) is 3.68. The number of carbonyl (C=O) groups is 2. The average Bonchev–Trinajstić information content (AvgIpc) is 2.32. The molecule has 0 fully saturated rings. The molecular weight excluding hydrogens is 254 g/mol. The molecule has 0 spiro atoms. The van der Waals surface area contributed by atoms with Gasteiger partial charge in [0.1, 0.15) is 0 Å². The molecule has 0 atom stereocenters. The van der Waals surface area contributed by atoms with Crippen molar-refractivity contribution < 1.29 is 19.4 Å². The Balaban J connectivity index is 2.78. The predicted octanol–water partition coefficient (Wildman–Crippen LogP) is 1.93. The lowest BCUT2D eigenvalue weighted by molar-refractivity contribution is -0.140. The molecule has 0 saturated heterocycles. The second kappa shape index (κ2) is 6.30. The van der Waals surface area contributed by atoms with Crippen LogP contribution < -0.4 is 5.73 Å². The van der Waals surface area contributed by atoms with Gasteiger partial charge in [-0.3, -0.25) is 4.79 Å². The van der Waals surface area contributed by atoms with Gasteiger partial charge in [-0.05, 0) is 24.6 Å². The van der Waals surface area contributed by atoms with Gasteiger partial charge in [0.2, 0.25) is 0 Å². The van der Waals surface area contributed by atoms with Gasteiger partial charge in [0.25, 0.3) is 0 Å². The summed E-state index contributed by atoms with van der Waals surface area (Å²) < 4.78 is 4.53. The summed E-state index contributed by atoms with van der Waals surface area (Å²) in [6.45, 7) is 1.76. The first kappa shape index (κ1) is 14.4. The number of carboxylic acid groups (broad SMARTS) is 1. The van der Waals surface area contributed by atoms with Crippen molar-refractivity contribution in [3.63, 3.8) is 0 Å². The summed E-state index contributed by atoms with van der Waals surface area (Å²) in [5.74, 6) is -0.797. The predicted molar refractivity (Wildman–Crippen MR) is 69.9 cm³/mol. The molecule has 0 saturated carbocycles. The highest BCUT2D eigenvalue weighted by Gasteiger charge is 2.12. The highest BCUT2D eigenvalue weighted by atomic mass is 32.2. The molecule has 5 nitrogen and oxygen atoms in total. The van der Waals surface area contributed by atoms with Gasteiger partial charge in [0, 0.05) is 16.3 Å². The molecular formula is C12H15NO4S. The van der Waals surface area contributed by atoms with Crippen molar-refractivity contribution in [3.05, 3.63) is 23.3 Å². The Morgan fingerprint density at radius 3 is 2.67 bits per heavy atom. The Kier molecular flexibility index (Phi) is 5.03. The zero-order valence-electron chi connectivity index (χ0n) is 10.2. The maximum Gasteiger partial charge on any atom is 0.337 e. The molecule has 1 rings (SSSR count). The number of aromatic carboxylic acids is 1. The number of esters is 1. The Bertz CT molecular complexity index is 473. The minimum Gasteiger partial charge on any atom is -0.478 e. The van der Waals surface area contributed by atoms with Gasteiger partial charge in [-0.15, -0.1) is 11.8 Å². The van der Waals surface area contributed by atoms with Gasteiger partial charge in [-0.25, -0.2) is 4.79 Å². The summed E-state index contributed by atoms with van der Waals surface area (Å²) in [4.78, 5) is 22.7. The molecule has 1 aromatic carbocycles.